The molecule has 1 aliphatic carbocycles. The molecule has 0 fully saturated rings. The van der Waals surface area contributed by atoms with Gasteiger partial charge in [-0.25, -0.2) is 4.89 Å². The van der Waals surface area contributed by atoms with Gasteiger partial charge in [-0.15, -0.1) is 0 Å². The Morgan fingerprint density at radius 1 is 1.05 bits per heavy atom. The maximum atomic E-state index is 11.6. The summed E-state index contributed by atoms with van der Waals surface area (Å²) in [6, 6.07) is 15.4. The van der Waals surface area contributed by atoms with Crippen LogP contribution in [0.2, 0.25) is 0 Å². The zero-order chi connectivity index (χ0) is 13.7. The minimum atomic E-state index is -1.30. The second-order valence-electron chi connectivity index (χ2n) is 4.94. The van der Waals surface area contributed by atoms with Gasteiger partial charge in [-0.3, -0.25) is 4.79 Å². The van der Waals surface area contributed by atoms with Crippen LogP contribution in [-0.2, 0) is 25.1 Å². The van der Waals surface area contributed by atoms with Gasteiger partial charge in [0.25, 0.3) is 5.79 Å². The van der Waals surface area contributed by atoms with Gasteiger partial charge in [-0.2, -0.15) is 4.89 Å². The van der Waals surface area contributed by atoms with Crippen molar-refractivity contribution in [2.75, 3.05) is 0 Å². The summed E-state index contributed by atoms with van der Waals surface area (Å²) >= 11 is 0. The van der Waals surface area contributed by atoms with Crippen molar-refractivity contribution in [1.82, 2.24) is 0 Å². The summed E-state index contributed by atoms with van der Waals surface area (Å²) in [5, 5.41) is 0. The molecule has 20 heavy (non-hydrogen) atoms. The molecule has 2 heterocycles. The van der Waals surface area contributed by atoms with E-state index < -0.39 is 11.8 Å². The maximum Gasteiger partial charge on any atom is 0.305 e. The summed E-state index contributed by atoms with van der Waals surface area (Å²) in [4.78, 5) is 22.5. The van der Waals surface area contributed by atoms with Gasteiger partial charge in [0.1, 0.15) is 6.10 Å². The Bertz CT molecular complexity index is 660. The quantitative estimate of drug-likeness (QED) is 0.589. The SMILES string of the molecule is CC(=O)OC12OOC(c3ccccc31)c1ccccc12. The van der Waals surface area contributed by atoms with Crippen molar-refractivity contribution in [3.8, 4) is 0 Å². The Morgan fingerprint density at radius 3 is 2.15 bits per heavy atom. The van der Waals surface area contributed by atoms with E-state index in [2.05, 4.69) is 0 Å². The third kappa shape index (κ3) is 1.35. The summed E-state index contributed by atoms with van der Waals surface area (Å²) in [6.07, 6.45) is -0.278. The van der Waals surface area contributed by atoms with Gasteiger partial charge in [0.05, 0.1) is 0 Å². The highest BCUT2D eigenvalue weighted by molar-refractivity contribution is 5.68. The van der Waals surface area contributed by atoms with Gasteiger partial charge in [-0.05, 0) is 11.1 Å². The van der Waals surface area contributed by atoms with Crippen LogP contribution in [0.3, 0.4) is 0 Å². The molecule has 0 atom stereocenters. The van der Waals surface area contributed by atoms with E-state index in [1.807, 2.05) is 48.5 Å². The number of carbonyl (C=O) groups excluding carboxylic acids is 1. The molecule has 0 saturated heterocycles. The number of hydrogen-bond donors (Lipinski definition) is 0. The summed E-state index contributed by atoms with van der Waals surface area (Å²) in [5.74, 6) is -1.72. The summed E-state index contributed by atoms with van der Waals surface area (Å²) in [7, 11) is 0. The third-order valence-corrected chi connectivity index (χ3v) is 3.74. The van der Waals surface area contributed by atoms with Gasteiger partial charge in [0, 0.05) is 18.1 Å². The van der Waals surface area contributed by atoms with Gasteiger partial charge < -0.3 is 4.74 Å². The molecule has 0 spiro atoms. The van der Waals surface area contributed by atoms with E-state index in [4.69, 9.17) is 14.5 Å². The minimum absolute atomic E-state index is 0.278. The fourth-order valence-electron chi connectivity index (χ4n) is 3.00. The first kappa shape index (κ1) is 11.6. The van der Waals surface area contributed by atoms with E-state index in [-0.39, 0.29) is 6.10 Å². The lowest BCUT2D eigenvalue weighted by Crippen LogP contribution is -2.46. The fourth-order valence-corrected chi connectivity index (χ4v) is 3.00. The standard InChI is InChI=1S/C16H12O4/c1-10(17)18-16-13-8-4-2-6-11(13)15(19-20-16)12-7-3-5-9-14(12)16/h2-9,15H,1H3. The van der Waals surface area contributed by atoms with Crippen LogP contribution in [0.5, 0.6) is 0 Å². The summed E-state index contributed by atoms with van der Waals surface area (Å²) < 4.78 is 5.53. The number of esters is 1. The van der Waals surface area contributed by atoms with Gasteiger partial charge >= 0.3 is 5.97 Å². The second-order valence-corrected chi connectivity index (χ2v) is 4.94. The minimum Gasteiger partial charge on any atom is -0.421 e. The van der Waals surface area contributed by atoms with Crippen molar-refractivity contribution in [2.24, 2.45) is 0 Å². The molecular formula is C16H12O4. The zero-order valence-electron chi connectivity index (χ0n) is 10.8. The molecule has 4 heteroatoms. The third-order valence-electron chi connectivity index (χ3n) is 3.74. The number of benzene rings is 2. The summed E-state index contributed by atoms with van der Waals surface area (Å²) in [5.41, 5.74) is 3.59. The van der Waals surface area contributed by atoms with E-state index in [1.165, 1.54) is 6.92 Å². The molecule has 2 aromatic carbocycles. The van der Waals surface area contributed by atoms with Gasteiger partial charge in [-0.1, -0.05) is 48.5 Å². The molecule has 0 amide bonds. The first-order valence-electron chi connectivity index (χ1n) is 6.45. The maximum absolute atomic E-state index is 11.6. The number of fused-ring (bicyclic) bond motifs is 1. The van der Waals surface area contributed by atoms with Crippen LogP contribution in [0.4, 0.5) is 0 Å². The van der Waals surface area contributed by atoms with Gasteiger partial charge in [0.2, 0.25) is 0 Å². The van der Waals surface area contributed by atoms with Crippen LogP contribution >= 0.6 is 0 Å². The van der Waals surface area contributed by atoms with E-state index in [9.17, 15) is 4.79 Å². The molecule has 0 radical (unpaired) electrons. The summed E-state index contributed by atoms with van der Waals surface area (Å²) in [6.45, 7) is 1.37. The van der Waals surface area contributed by atoms with Crippen LogP contribution in [-0.4, -0.2) is 5.97 Å². The predicted molar refractivity (Wildman–Crippen MR) is 69.4 cm³/mol. The normalized spacial score (nSPS) is 25.8. The number of ether oxygens (including phenoxy) is 1. The molecule has 2 aromatic rings. The highest BCUT2D eigenvalue weighted by Crippen LogP contribution is 2.53. The molecule has 5 rings (SSSR count). The lowest BCUT2D eigenvalue weighted by Gasteiger charge is -2.45. The first-order valence-corrected chi connectivity index (χ1v) is 6.45. The van der Waals surface area contributed by atoms with E-state index in [1.54, 1.807) is 0 Å². The average molecular weight is 268 g/mol. The highest BCUT2D eigenvalue weighted by Gasteiger charge is 2.54. The Kier molecular flexibility index (Phi) is 2.28. The smallest absolute Gasteiger partial charge is 0.305 e. The first-order chi connectivity index (χ1) is 9.72. The molecule has 2 bridgehead atoms. The fraction of sp³-hybridized carbons (Fsp3) is 0.188. The molecule has 100 valence electrons. The highest BCUT2D eigenvalue weighted by atomic mass is 17.2. The number of carbonyl (C=O) groups is 1. The molecule has 0 saturated carbocycles. The Hall–Kier alpha value is -2.17. The lowest BCUT2D eigenvalue weighted by molar-refractivity contribution is -0.447. The topological polar surface area (TPSA) is 44.8 Å². The van der Waals surface area contributed by atoms with E-state index >= 15 is 0 Å². The van der Waals surface area contributed by atoms with Crippen LogP contribution in [0.1, 0.15) is 35.3 Å². The number of hydrogen-bond acceptors (Lipinski definition) is 4. The Morgan fingerprint density at radius 2 is 1.60 bits per heavy atom. The predicted octanol–water partition coefficient (Wildman–Crippen LogP) is 2.82. The van der Waals surface area contributed by atoms with Crippen molar-refractivity contribution in [3.63, 3.8) is 0 Å². The molecule has 4 nitrogen and oxygen atoms in total. The number of rotatable bonds is 1. The molecular weight excluding hydrogens is 256 g/mol. The van der Waals surface area contributed by atoms with Crippen molar-refractivity contribution >= 4 is 5.97 Å². The Balaban J connectivity index is 2.04. The van der Waals surface area contributed by atoms with Crippen LogP contribution < -0.4 is 0 Å². The largest absolute Gasteiger partial charge is 0.421 e. The van der Waals surface area contributed by atoms with Crippen LogP contribution in [0, 0.1) is 0 Å². The zero-order valence-corrected chi connectivity index (χ0v) is 10.8. The van der Waals surface area contributed by atoms with E-state index in [0.717, 1.165) is 22.3 Å². The molecule has 2 aliphatic heterocycles. The molecule has 0 N–H and O–H groups in total. The second kappa shape index (κ2) is 3.91. The lowest BCUT2D eigenvalue weighted by atomic mass is 9.79. The monoisotopic (exact) mass is 268 g/mol. The van der Waals surface area contributed by atoms with Crippen molar-refractivity contribution < 1.29 is 19.3 Å². The van der Waals surface area contributed by atoms with Crippen molar-refractivity contribution in [2.45, 2.75) is 18.8 Å². The Labute approximate surface area is 115 Å². The van der Waals surface area contributed by atoms with E-state index in [0.29, 0.717) is 0 Å². The van der Waals surface area contributed by atoms with Crippen molar-refractivity contribution in [3.05, 3.63) is 70.8 Å². The molecule has 3 aliphatic rings. The average Bonchev–Trinajstić information content (AvgIpc) is 2.48. The van der Waals surface area contributed by atoms with Crippen LogP contribution in [0.15, 0.2) is 48.5 Å². The van der Waals surface area contributed by atoms with Crippen molar-refractivity contribution in [1.29, 1.82) is 0 Å². The van der Waals surface area contributed by atoms with Gasteiger partial charge in [0.15, 0.2) is 0 Å². The molecule has 0 unspecified atom stereocenters. The van der Waals surface area contributed by atoms with Crippen LogP contribution in [0.25, 0.3) is 0 Å². The molecule has 0 aromatic heterocycles.